The first-order valence-electron chi connectivity index (χ1n) is 9.04. The number of carbonyl (C=O) groups excluding carboxylic acids is 1. The van der Waals surface area contributed by atoms with Crippen molar-refractivity contribution < 1.29 is 9.32 Å². The van der Waals surface area contributed by atoms with Crippen LogP contribution in [0.15, 0.2) is 40.4 Å². The highest BCUT2D eigenvalue weighted by atomic mass is 32.1. The monoisotopic (exact) mass is 383 g/mol. The Kier molecular flexibility index (Phi) is 5.15. The summed E-state index contributed by atoms with van der Waals surface area (Å²) in [5.41, 5.74) is 0.791. The smallest absolute Gasteiger partial charge is 0.316 e. The van der Waals surface area contributed by atoms with Crippen LogP contribution in [0.5, 0.6) is 0 Å². The van der Waals surface area contributed by atoms with Gasteiger partial charge >= 0.3 is 11.8 Å². The fourth-order valence-electron chi connectivity index (χ4n) is 3.06. The summed E-state index contributed by atoms with van der Waals surface area (Å²) in [6.07, 6.45) is 4.08. The van der Waals surface area contributed by atoms with Gasteiger partial charge in [-0.2, -0.15) is 4.98 Å². The van der Waals surface area contributed by atoms with E-state index in [0.29, 0.717) is 12.4 Å². The van der Waals surface area contributed by atoms with Crippen LogP contribution in [0.4, 0.5) is 5.82 Å². The van der Waals surface area contributed by atoms with Gasteiger partial charge in [0.05, 0.1) is 6.54 Å². The Morgan fingerprint density at radius 3 is 3.00 bits per heavy atom. The van der Waals surface area contributed by atoms with Gasteiger partial charge in [-0.05, 0) is 42.3 Å². The lowest BCUT2D eigenvalue weighted by Gasteiger charge is -2.31. The summed E-state index contributed by atoms with van der Waals surface area (Å²) >= 11 is 1.58. The van der Waals surface area contributed by atoms with Crippen molar-refractivity contribution in [2.24, 2.45) is 5.92 Å². The minimum absolute atomic E-state index is 0.0354. The lowest BCUT2D eigenvalue weighted by Crippen LogP contribution is -2.33. The number of piperidine rings is 1. The summed E-state index contributed by atoms with van der Waals surface area (Å²) in [6.45, 7) is 4.73. The summed E-state index contributed by atoms with van der Waals surface area (Å²) in [4.78, 5) is 24.3. The van der Waals surface area contributed by atoms with Crippen LogP contribution in [-0.4, -0.2) is 34.1 Å². The molecule has 0 spiro atoms. The van der Waals surface area contributed by atoms with Crippen molar-refractivity contribution in [3.63, 3.8) is 0 Å². The summed E-state index contributed by atoms with van der Waals surface area (Å²) in [5.74, 6) is 1.66. The van der Waals surface area contributed by atoms with Crippen molar-refractivity contribution in [1.82, 2.24) is 20.4 Å². The van der Waals surface area contributed by atoms with Gasteiger partial charge < -0.3 is 14.7 Å². The molecule has 8 heteroatoms. The van der Waals surface area contributed by atoms with E-state index in [1.807, 2.05) is 29.6 Å². The number of aromatic nitrogens is 3. The third-order valence-electron chi connectivity index (χ3n) is 4.73. The molecule has 0 radical (unpaired) electrons. The minimum atomic E-state index is -0.374. The van der Waals surface area contributed by atoms with Gasteiger partial charge in [0.25, 0.3) is 0 Å². The fraction of sp³-hybridized carbons (Fsp3) is 0.368. The van der Waals surface area contributed by atoms with Gasteiger partial charge in [0.2, 0.25) is 5.82 Å². The van der Waals surface area contributed by atoms with E-state index in [9.17, 15) is 4.79 Å². The average Bonchev–Trinajstić information content (AvgIpc) is 3.39. The largest absolute Gasteiger partial charge is 0.357 e. The number of carbonyl (C=O) groups is 1. The molecule has 1 fully saturated rings. The Bertz CT molecular complexity index is 900. The predicted molar refractivity (Wildman–Crippen MR) is 104 cm³/mol. The van der Waals surface area contributed by atoms with Gasteiger partial charge in [-0.15, -0.1) is 11.3 Å². The molecule has 0 aromatic carbocycles. The zero-order chi connectivity index (χ0) is 18.6. The molecule has 7 nitrogen and oxygen atoms in total. The van der Waals surface area contributed by atoms with Crippen molar-refractivity contribution in [2.45, 2.75) is 26.3 Å². The first-order chi connectivity index (χ1) is 13.2. The van der Waals surface area contributed by atoms with Gasteiger partial charge in [-0.3, -0.25) is 4.79 Å². The molecule has 3 aromatic rings. The highest BCUT2D eigenvalue weighted by Gasteiger charge is 2.19. The molecule has 0 bridgehead atoms. The van der Waals surface area contributed by atoms with Crippen molar-refractivity contribution in [3.05, 3.63) is 46.6 Å². The molecule has 0 aliphatic carbocycles. The molecule has 1 aliphatic heterocycles. The highest BCUT2D eigenvalue weighted by molar-refractivity contribution is 7.09. The Morgan fingerprint density at radius 1 is 1.37 bits per heavy atom. The number of anilines is 1. The third-order valence-corrected chi connectivity index (χ3v) is 5.61. The Morgan fingerprint density at radius 2 is 2.22 bits per heavy atom. The second-order valence-electron chi connectivity index (χ2n) is 6.76. The van der Waals surface area contributed by atoms with E-state index in [1.54, 1.807) is 17.5 Å². The number of nitrogens with zero attached hydrogens (tertiary/aromatic N) is 4. The number of rotatable bonds is 5. The molecule has 0 atom stereocenters. The molecule has 0 saturated carbocycles. The zero-order valence-corrected chi connectivity index (χ0v) is 15.9. The zero-order valence-electron chi connectivity index (χ0n) is 15.1. The van der Waals surface area contributed by atoms with Crippen molar-refractivity contribution >= 4 is 23.1 Å². The molecule has 1 amide bonds. The van der Waals surface area contributed by atoms with Crippen LogP contribution >= 0.6 is 11.3 Å². The van der Waals surface area contributed by atoms with Crippen molar-refractivity contribution in [1.29, 1.82) is 0 Å². The van der Waals surface area contributed by atoms with Crippen molar-refractivity contribution in [3.8, 4) is 11.4 Å². The van der Waals surface area contributed by atoms with E-state index in [2.05, 4.69) is 32.3 Å². The van der Waals surface area contributed by atoms with Gasteiger partial charge in [-0.25, -0.2) is 4.98 Å². The highest BCUT2D eigenvalue weighted by Crippen LogP contribution is 2.25. The number of thiophene rings is 1. The third kappa shape index (κ3) is 4.16. The van der Waals surface area contributed by atoms with E-state index in [4.69, 9.17) is 4.52 Å². The molecule has 0 unspecified atom stereocenters. The molecular formula is C19H21N5O2S. The molecule has 140 valence electrons. The topological polar surface area (TPSA) is 84.2 Å². The molecular weight excluding hydrogens is 362 g/mol. The lowest BCUT2D eigenvalue weighted by atomic mass is 9.99. The van der Waals surface area contributed by atoms with Gasteiger partial charge in [0, 0.05) is 29.7 Å². The second-order valence-corrected chi connectivity index (χ2v) is 7.79. The van der Waals surface area contributed by atoms with Crippen molar-refractivity contribution in [2.75, 3.05) is 18.0 Å². The van der Waals surface area contributed by atoms with Crippen LogP contribution in [0.25, 0.3) is 11.4 Å². The second kappa shape index (κ2) is 7.87. The van der Waals surface area contributed by atoms with Crippen LogP contribution in [0.1, 0.15) is 35.3 Å². The maximum Gasteiger partial charge on any atom is 0.316 e. The summed E-state index contributed by atoms with van der Waals surface area (Å²) < 4.78 is 5.15. The molecule has 1 aliphatic rings. The van der Waals surface area contributed by atoms with Crippen LogP contribution in [0.3, 0.4) is 0 Å². The first-order valence-corrected chi connectivity index (χ1v) is 9.92. The van der Waals surface area contributed by atoms with E-state index in [-0.39, 0.29) is 11.8 Å². The average molecular weight is 383 g/mol. The van der Waals surface area contributed by atoms with Gasteiger partial charge in [-0.1, -0.05) is 18.1 Å². The number of hydrogen-bond donors (Lipinski definition) is 1. The Labute approximate surface area is 161 Å². The predicted octanol–water partition coefficient (Wildman–Crippen LogP) is 3.36. The summed E-state index contributed by atoms with van der Waals surface area (Å²) in [7, 11) is 0. The SMILES string of the molecule is CC1CCN(c2cc(-c3noc(C(=O)NCc4cccs4)n3)ccn2)CC1. The lowest BCUT2D eigenvalue weighted by molar-refractivity contribution is 0.0907. The molecule has 3 aromatic heterocycles. The van der Waals surface area contributed by atoms with Gasteiger partial charge in [0.1, 0.15) is 5.82 Å². The maximum absolute atomic E-state index is 12.2. The number of nitrogens with one attached hydrogen (secondary N) is 1. The quantitative estimate of drug-likeness (QED) is 0.727. The molecule has 1 N–H and O–H groups in total. The summed E-state index contributed by atoms with van der Waals surface area (Å²) in [5, 5.41) is 8.72. The van der Waals surface area contributed by atoms with E-state index >= 15 is 0 Å². The molecule has 4 rings (SSSR count). The van der Waals surface area contributed by atoms with Gasteiger partial charge in [0.15, 0.2) is 0 Å². The summed E-state index contributed by atoms with van der Waals surface area (Å²) in [6, 6.07) is 7.69. The normalized spacial score (nSPS) is 15.1. The van der Waals surface area contributed by atoms with E-state index in [1.165, 1.54) is 12.8 Å². The number of hydrogen-bond acceptors (Lipinski definition) is 7. The van der Waals surface area contributed by atoms with Crippen LogP contribution < -0.4 is 10.2 Å². The van der Waals surface area contributed by atoms with Crippen LogP contribution in [-0.2, 0) is 6.54 Å². The molecule has 27 heavy (non-hydrogen) atoms. The Balaban J connectivity index is 1.45. The fourth-order valence-corrected chi connectivity index (χ4v) is 3.70. The van der Waals surface area contributed by atoms with E-state index in [0.717, 1.165) is 35.3 Å². The maximum atomic E-state index is 12.2. The minimum Gasteiger partial charge on any atom is -0.357 e. The number of amides is 1. The van der Waals surface area contributed by atoms with Crippen LogP contribution in [0, 0.1) is 5.92 Å². The van der Waals surface area contributed by atoms with E-state index < -0.39 is 0 Å². The molecule has 4 heterocycles. The standard InChI is InChI=1S/C19H21N5O2S/c1-13-5-8-24(9-6-13)16-11-14(4-7-20-16)17-22-19(26-23-17)18(25)21-12-15-3-2-10-27-15/h2-4,7,10-11,13H,5-6,8-9,12H2,1H3,(H,21,25). The molecule has 1 saturated heterocycles. The first kappa shape index (κ1) is 17.7. The Hall–Kier alpha value is -2.74. The number of pyridine rings is 1. The van der Waals surface area contributed by atoms with Crippen LogP contribution in [0.2, 0.25) is 0 Å².